The summed E-state index contributed by atoms with van der Waals surface area (Å²) in [5, 5.41) is 0. The molecular formula is C12H16N2O. The topological polar surface area (TPSA) is 38.9 Å². The van der Waals surface area contributed by atoms with Crippen molar-refractivity contribution in [2.24, 2.45) is 0 Å². The highest BCUT2D eigenvalue weighted by molar-refractivity contribution is 5.75. The lowest BCUT2D eigenvalue weighted by atomic mass is 10.0. The molecule has 2 rings (SSSR count). The van der Waals surface area contributed by atoms with Gasteiger partial charge < -0.3 is 4.42 Å². The van der Waals surface area contributed by atoms with Crippen LogP contribution >= 0.6 is 0 Å². The molecule has 0 N–H and O–H groups in total. The molecule has 0 unspecified atom stereocenters. The summed E-state index contributed by atoms with van der Waals surface area (Å²) in [4.78, 5) is 8.84. The van der Waals surface area contributed by atoms with Crippen molar-refractivity contribution in [3.8, 4) is 0 Å². The van der Waals surface area contributed by atoms with Gasteiger partial charge in [0, 0.05) is 5.69 Å². The van der Waals surface area contributed by atoms with Gasteiger partial charge in [0.15, 0.2) is 12.0 Å². The molecule has 0 spiro atoms. The molecule has 0 saturated carbocycles. The van der Waals surface area contributed by atoms with Gasteiger partial charge in [0.25, 0.3) is 0 Å². The highest BCUT2D eigenvalue weighted by Gasteiger charge is 2.14. The van der Waals surface area contributed by atoms with Crippen LogP contribution in [0.3, 0.4) is 0 Å². The fourth-order valence-corrected chi connectivity index (χ4v) is 1.60. The first-order chi connectivity index (χ1) is 7.09. The minimum atomic E-state index is 0.360. The van der Waals surface area contributed by atoms with E-state index in [-0.39, 0.29) is 0 Å². The lowest BCUT2D eigenvalue weighted by molar-refractivity contribution is 0.589. The van der Waals surface area contributed by atoms with Gasteiger partial charge in [-0.05, 0) is 17.9 Å². The molecule has 80 valence electrons. The van der Waals surface area contributed by atoms with Crippen LogP contribution in [0.4, 0.5) is 0 Å². The summed E-state index contributed by atoms with van der Waals surface area (Å²) < 4.78 is 5.37. The third-order valence-corrected chi connectivity index (χ3v) is 2.50. The quantitative estimate of drug-likeness (QED) is 0.751. The number of hydrogen-bond acceptors (Lipinski definition) is 3. The van der Waals surface area contributed by atoms with Gasteiger partial charge in [-0.1, -0.05) is 27.7 Å². The van der Waals surface area contributed by atoms with E-state index in [1.54, 1.807) is 0 Å². The van der Waals surface area contributed by atoms with E-state index in [0.29, 0.717) is 11.8 Å². The number of rotatable bonds is 2. The summed E-state index contributed by atoms with van der Waals surface area (Å²) >= 11 is 0. The highest BCUT2D eigenvalue weighted by Crippen LogP contribution is 2.26. The Morgan fingerprint density at radius 3 is 2.47 bits per heavy atom. The molecule has 15 heavy (non-hydrogen) atoms. The fraction of sp³-hybridized carbons (Fsp3) is 0.500. The largest absolute Gasteiger partial charge is 0.442 e. The Hall–Kier alpha value is -1.38. The minimum absolute atomic E-state index is 0.360. The van der Waals surface area contributed by atoms with Crippen LogP contribution in [0.2, 0.25) is 0 Å². The summed E-state index contributed by atoms with van der Waals surface area (Å²) in [6.45, 7) is 8.51. The number of fused-ring (bicyclic) bond motifs is 1. The van der Waals surface area contributed by atoms with Crippen molar-refractivity contribution < 1.29 is 4.42 Å². The Kier molecular flexibility index (Phi) is 2.47. The van der Waals surface area contributed by atoms with E-state index < -0.39 is 0 Å². The molecule has 0 aliphatic heterocycles. The summed E-state index contributed by atoms with van der Waals surface area (Å²) in [5.41, 5.74) is 3.83. The first-order valence-corrected chi connectivity index (χ1v) is 5.33. The summed E-state index contributed by atoms with van der Waals surface area (Å²) in [6, 6.07) is 2.01. The Bertz CT molecular complexity index is 471. The van der Waals surface area contributed by atoms with Gasteiger partial charge in [0.2, 0.25) is 0 Å². The Morgan fingerprint density at radius 1 is 1.13 bits per heavy atom. The average Bonchev–Trinajstić information content (AvgIpc) is 2.62. The molecule has 2 aromatic heterocycles. The van der Waals surface area contributed by atoms with E-state index in [0.717, 1.165) is 22.5 Å². The van der Waals surface area contributed by atoms with Gasteiger partial charge in [-0.2, -0.15) is 0 Å². The van der Waals surface area contributed by atoms with Crippen molar-refractivity contribution >= 4 is 11.1 Å². The average molecular weight is 204 g/mol. The minimum Gasteiger partial charge on any atom is -0.442 e. The second-order valence-electron chi connectivity index (χ2n) is 4.44. The van der Waals surface area contributed by atoms with Gasteiger partial charge in [-0.25, -0.2) is 4.98 Å². The molecule has 0 amide bonds. The van der Waals surface area contributed by atoms with E-state index in [4.69, 9.17) is 4.42 Å². The molecule has 0 atom stereocenters. The van der Waals surface area contributed by atoms with Crippen LogP contribution in [0.1, 0.15) is 50.9 Å². The lowest BCUT2D eigenvalue weighted by Crippen LogP contribution is -2.00. The molecule has 2 heterocycles. The monoisotopic (exact) mass is 204 g/mol. The van der Waals surface area contributed by atoms with Crippen molar-refractivity contribution in [3.05, 3.63) is 23.8 Å². The standard InChI is InChI=1S/C12H16N2O/c1-7(2)9-5-10-12(15-6-13-10)11(14-9)8(3)4/h5-8H,1-4H3. The van der Waals surface area contributed by atoms with Crippen LogP contribution in [0, 0.1) is 0 Å². The molecule has 0 bridgehead atoms. The maximum Gasteiger partial charge on any atom is 0.182 e. The molecule has 0 saturated heterocycles. The van der Waals surface area contributed by atoms with Gasteiger partial charge in [-0.3, -0.25) is 4.98 Å². The van der Waals surface area contributed by atoms with E-state index in [2.05, 4.69) is 37.7 Å². The Balaban J connectivity index is 2.69. The van der Waals surface area contributed by atoms with Gasteiger partial charge >= 0.3 is 0 Å². The molecule has 0 radical (unpaired) electrons. The fourth-order valence-electron chi connectivity index (χ4n) is 1.60. The number of nitrogens with zero attached hydrogens (tertiary/aromatic N) is 2. The molecule has 0 fully saturated rings. The van der Waals surface area contributed by atoms with Crippen molar-refractivity contribution in [1.82, 2.24) is 9.97 Å². The number of aromatic nitrogens is 2. The van der Waals surface area contributed by atoms with Gasteiger partial charge in [-0.15, -0.1) is 0 Å². The van der Waals surface area contributed by atoms with Crippen LogP contribution in [-0.2, 0) is 0 Å². The van der Waals surface area contributed by atoms with Crippen LogP contribution in [0.15, 0.2) is 16.9 Å². The molecule has 3 nitrogen and oxygen atoms in total. The smallest absolute Gasteiger partial charge is 0.182 e. The highest BCUT2D eigenvalue weighted by atomic mass is 16.3. The maximum absolute atomic E-state index is 5.37. The zero-order chi connectivity index (χ0) is 11.0. The van der Waals surface area contributed by atoms with Crippen molar-refractivity contribution in [3.63, 3.8) is 0 Å². The van der Waals surface area contributed by atoms with E-state index in [9.17, 15) is 0 Å². The number of oxazole rings is 1. The third kappa shape index (κ3) is 1.74. The molecule has 2 aromatic rings. The molecule has 0 aliphatic rings. The predicted octanol–water partition coefficient (Wildman–Crippen LogP) is 3.47. The number of pyridine rings is 1. The van der Waals surface area contributed by atoms with Crippen molar-refractivity contribution in [1.29, 1.82) is 0 Å². The summed E-state index contributed by atoms with van der Waals surface area (Å²) in [5.74, 6) is 0.780. The third-order valence-electron chi connectivity index (χ3n) is 2.50. The molecule has 3 heteroatoms. The molecular weight excluding hydrogens is 188 g/mol. The zero-order valence-electron chi connectivity index (χ0n) is 9.61. The van der Waals surface area contributed by atoms with Crippen LogP contribution < -0.4 is 0 Å². The van der Waals surface area contributed by atoms with E-state index in [1.807, 2.05) is 6.07 Å². The second-order valence-corrected chi connectivity index (χ2v) is 4.44. The summed E-state index contributed by atoms with van der Waals surface area (Å²) in [6.07, 6.45) is 1.49. The first kappa shape index (κ1) is 10.1. The first-order valence-electron chi connectivity index (χ1n) is 5.33. The number of hydrogen-bond donors (Lipinski definition) is 0. The second kappa shape index (κ2) is 3.65. The SMILES string of the molecule is CC(C)c1cc2ncoc2c(C(C)C)n1. The van der Waals surface area contributed by atoms with Gasteiger partial charge in [0.05, 0.1) is 5.69 Å². The van der Waals surface area contributed by atoms with E-state index >= 15 is 0 Å². The normalized spacial score (nSPS) is 11.9. The van der Waals surface area contributed by atoms with Crippen LogP contribution in [0.25, 0.3) is 11.1 Å². The summed E-state index contributed by atoms with van der Waals surface area (Å²) in [7, 11) is 0. The predicted molar refractivity (Wildman–Crippen MR) is 60.0 cm³/mol. The maximum atomic E-state index is 5.37. The zero-order valence-corrected chi connectivity index (χ0v) is 9.61. The van der Waals surface area contributed by atoms with Crippen LogP contribution in [0.5, 0.6) is 0 Å². The Labute approximate surface area is 89.5 Å². The van der Waals surface area contributed by atoms with Crippen molar-refractivity contribution in [2.75, 3.05) is 0 Å². The molecule has 0 aromatic carbocycles. The van der Waals surface area contributed by atoms with Crippen molar-refractivity contribution in [2.45, 2.75) is 39.5 Å². The van der Waals surface area contributed by atoms with Crippen LogP contribution in [-0.4, -0.2) is 9.97 Å². The Morgan fingerprint density at radius 2 is 1.87 bits per heavy atom. The van der Waals surface area contributed by atoms with E-state index in [1.165, 1.54) is 6.39 Å². The molecule has 0 aliphatic carbocycles. The lowest BCUT2D eigenvalue weighted by Gasteiger charge is -2.09. The van der Waals surface area contributed by atoms with Gasteiger partial charge in [0.1, 0.15) is 5.52 Å².